The van der Waals surface area contributed by atoms with Crippen LogP contribution in [-0.2, 0) is 0 Å². The summed E-state index contributed by atoms with van der Waals surface area (Å²) >= 11 is 0. The lowest BCUT2D eigenvalue weighted by atomic mass is 10.1. The molecule has 2 rings (SSSR count). The summed E-state index contributed by atoms with van der Waals surface area (Å²) in [6.07, 6.45) is 0. The highest BCUT2D eigenvalue weighted by molar-refractivity contribution is 5.68. The smallest absolute Gasteiger partial charge is 0.359 e. The van der Waals surface area contributed by atoms with Crippen molar-refractivity contribution in [3.8, 4) is 16.9 Å². The van der Waals surface area contributed by atoms with E-state index >= 15 is 0 Å². The Morgan fingerprint density at radius 3 is 2.47 bits per heavy atom. The van der Waals surface area contributed by atoms with Crippen LogP contribution in [0.4, 0.5) is 5.69 Å². The van der Waals surface area contributed by atoms with Gasteiger partial charge in [0.05, 0.1) is 7.11 Å². The van der Waals surface area contributed by atoms with E-state index in [-0.39, 0.29) is 5.69 Å². The molecule has 0 saturated heterocycles. The van der Waals surface area contributed by atoms with Crippen LogP contribution in [0.5, 0.6) is 5.75 Å². The topological polar surface area (TPSA) is 65.5 Å². The number of anilines is 1. The van der Waals surface area contributed by atoms with E-state index in [1.165, 1.54) is 0 Å². The first kappa shape index (κ1) is 11.3. The molecule has 0 fully saturated rings. The highest BCUT2D eigenvalue weighted by Gasteiger charge is 2.07. The molecule has 1 heterocycles. The summed E-state index contributed by atoms with van der Waals surface area (Å²) in [5.41, 5.74) is 6.90. The Bertz CT molecular complexity index is 585. The molecule has 1 aromatic heterocycles. The standard InChI is InChI=1S/C13H13NO3/c1-8-11(7-12(14)13(15)17-8)9-3-5-10(16-2)6-4-9/h3-7H,14H2,1-2H3. The molecule has 0 unspecified atom stereocenters. The molecule has 1 aromatic carbocycles. The Hall–Kier alpha value is -2.23. The summed E-state index contributed by atoms with van der Waals surface area (Å²) < 4.78 is 10.1. The zero-order chi connectivity index (χ0) is 12.4. The molecule has 0 radical (unpaired) electrons. The highest BCUT2D eigenvalue weighted by Crippen LogP contribution is 2.25. The fraction of sp³-hybridized carbons (Fsp3) is 0.154. The SMILES string of the molecule is COc1ccc(-c2cc(N)c(=O)oc2C)cc1. The number of benzene rings is 1. The maximum atomic E-state index is 11.2. The van der Waals surface area contributed by atoms with E-state index in [9.17, 15) is 4.79 Å². The van der Waals surface area contributed by atoms with E-state index in [0.717, 1.165) is 16.9 Å². The molecule has 0 amide bonds. The van der Waals surface area contributed by atoms with Crippen molar-refractivity contribution in [3.63, 3.8) is 0 Å². The number of hydrogen-bond acceptors (Lipinski definition) is 4. The zero-order valence-corrected chi connectivity index (χ0v) is 9.69. The van der Waals surface area contributed by atoms with Crippen LogP contribution in [0.1, 0.15) is 5.76 Å². The first-order valence-corrected chi connectivity index (χ1v) is 5.16. The monoisotopic (exact) mass is 231 g/mol. The number of hydrogen-bond donors (Lipinski definition) is 1. The quantitative estimate of drug-likeness (QED) is 0.860. The number of nitrogen functional groups attached to an aromatic ring is 1. The van der Waals surface area contributed by atoms with Crippen LogP contribution < -0.4 is 16.1 Å². The third-order valence-corrected chi connectivity index (χ3v) is 2.56. The fourth-order valence-electron chi connectivity index (χ4n) is 1.63. The lowest BCUT2D eigenvalue weighted by molar-refractivity contribution is 0.415. The third-order valence-electron chi connectivity index (χ3n) is 2.56. The van der Waals surface area contributed by atoms with Crippen molar-refractivity contribution in [3.05, 3.63) is 46.5 Å². The highest BCUT2D eigenvalue weighted by atomic mass is 16.5. The van der Waals surface area contributed by atoms with Gasteiger partial charge in [-0.2, -0.15) is 0 Å². The maximum Gasteiger partial charge on any atom is 0.359 e. The Morgan fingerprint density at radius 1 is 1.24 bits per heavy atom. The van der Waals surface area contributed by atoms with Gasteiger partial charge in [0.15, 0.2) is 0 Å². The van der Waals surface area contributed by atoms with Gasteiger partial charge in [0.25, 0.3) is 0 Å². The Labute approximate surface area is 98.6 Å². The van der Waals surface area contributed by atoms with Crippen molar-refractivity contribution in [1.29, 1.82) is 0 Å². The zero-order valence-electron chi connectivity index (χ0n) is 9.69. The van der Waals surface area contributed by atoms with Gasteiger partial charge in [-0.1, -0.05) is 12.1 Å². The van der Waals surface area contributed by atoms with Gasteiger partial charge in [-0.15, -0.1) is 0 Å². The lowest BCUT2D eigenvalue weighted by Gasteiger charge is -2.06. The van der Waals surface area contributed by atoms with E-state index < -0.39 is 5.63 Å². The molecule has 0 atom stereocenters. The van der Waals surface area contributed by atoms with Crippen molar-refractivity contribution >= 4 is 5.69 Å². The van der Waals surface area contributed by atoms with Crippen molar-refractivity contribution in [2.75, 3.05) is 12.8 Å². The van der Waals surface area contributed by atoms with Gasteiger partial charge < -0.3 is 14.9 Å². The molecular formula is C13H13NO3. The molecule has 0 saturated carbocycles. The van der Waals surface area contributed by atoms with Crippen LogP contribution in [0.15, 0.2) is 39.5 Å². The van der Waals surface area contributed by atoms with Gasteiger partial charge in [-0.25, -0.2) is 4.79 Å². The van der Waals surface area contributed by atoms with Gasteiger partial charge in [-0.05, 0) is 30.7 Å². The number of aryl methyl sites for hydroxylation is 1. The van der Waals surface area contributed by atoms with E-state index in [1.54, 1.807) is 20.1 Å². The van der Waals surface area contributed by atoms with Crippen LogP contribution in [0, 0.1) is 6.92 Å². The third kappa shape index (κ3) is 2.15. The van der Waals surface area contributed by atoms with Gasteiger partial charge in [0.2, 0.25) is 0 Å². The second-order valence-corrected chi connectivity index (χ2v) is 3.69. The molecule has 0 aliphatic carbocycles. The molecule has 88 valence electrons. The first-order valence-electron chi connectivity index (χ1n) is 5.16. The molecular weight excluding hydrogens is 218 g/mol. The van der Waals surface area contributed by atoms with Gasteiger partial charge >= 0.3 is 5.63 Å². The summed E-state index contributed by atoms with van der Waals surface area (Å²) in [5.74, 6) is 1.33. The normalized spacial score (nSPS) is 10.2. The molecule has 4 heteroatoms. The average molecular weight is 231 g/mol. The van der Waals surface area contributed by atoms with Gasteiger partial charge in [0.1, 0.15) is 17.2 Å². The van der Waals surface area contributed by atoms with Crippen LogP contribution in [0.3, 0.4) is 0 Å². The average Bonchev–Trinajstić information content (AvgIpc) is 2.34. The number of nitrogens with two attached hydrogens (primary N) is 1. The molecule has 17 heavy (non-hydrogen) atoms. The fourth-order valence-corrected chi connectivity index (χ4v) is 1.63. The number of rotatable bonds is 2. The summed E-state index contributed by atoms with van der Waals surface area (Å²) in [4.78, 5) is 11.2. The minimum atomic E-state index is -0.500. The summed E-state index contributed by atoms with van der Waals surface area (Å²) in [6, 6.07) is 9.09. The molecule has 0 spiro atoms. The van der Waals surface area contributed by atoms with E-state index in [1.807, 2.05) is 24.3 Å². The summed E-state index contributed by atoms with van der Waals surface area (Å²) in [7, 11) is 1.61. The van der Waals surface area contributed by atoms with Crippen molar-refractivity contribution < 1.29 is 9.15 Å². The lowest BCUT2D eigenvalue weighted by Crippen LogP contribution is -2.07. The Morgan fingerprint density at radius 2 is 1.88 bits per heavy atom. The van der Waals surface area contributed by atoms with Crippen LogP contribution in [0.25, 0.3) is 11.1 Å². The van der Waals surface area contributed by atoms with E-state index in [0.29, 0.717) is 5.76 Å². The minimum Gasteiger partial charge on any atom is -0.497 e. The second kappa shape index (κ2) is 4.33. The molecule has 0 aliphatic rings. The largest absolute Gasteiger partial charge is 0.497 e. The number of methoxy groups -OCH3 is 1. The molecule has 2 aromatic rings. The Balaban J connectivity index is 2.52. The molecule has 0 bridgehead atoms. The molecule has 4 nitrogen and oxygen atoms in total. The van der Waals surface area contributed by atoms with Crippen LogP contribution in [-0.4, -0.2) is 7.11 Å². The van der Waals surface area contributed by atoms with Gasteiger partial charge in [-0.3, -0.25) is 0 Å². The van der Waals surface area contributed by atoms with Crippen molar-refractivity contribution in [2.24, 2.45) is 0 Å². The summed E-state index contributed by atoms with van der Waals surface area (Å²) in [5, 5.41) is 0. The van der Waals surface area contributed by atoms with Crippen LogP contribution in [0.2, 0.25) is 0 Å². The number of ether oxygens (including phenoxy) is 1. The van der Waals surface area contributed by atoms with E-state index in [4.69, 9.17) is 14.9 Å². The molecule has 0 aliphatic heterocycles. The molecule has 2 N–H and O–H groups in total. The van der Waals surface area contributed by atoms with E-state index in [2.05, 4.69) is 0 Å². The predicted molar refractivity (Wildman–Crippen MR) is 66.1 cm³/mol. The minimum absolute atomic E-state index is 0.112. The summed E-state index contributed by atoms with van der Waals surface area (Å²) in [6.45, 7) is 1.74. The van der Waals surface area contributed by atoms with Crippen LogP contribution >= 0.6 is 0 Å². The predicted octanol–water partition coefficient (Wildman–Crippen LogP) is 2.21. The second-order valence-electron chi connectivity index (χ2n) is 3.69. The van der Waals surface area contributed by atoms with Crippen molar-refractivity contribution in [2.45, 2.75) is 6.92 Å². The first-order chi connectivity index (χ1) is 8.11. The maximum absolute atomic E-state index is 11.2. The van der Waals surface area contributed by atoms with Crippen molar-refractivity contribution in [1.82, 2.24) is 0 Å². The Kier molecular flexibility index (Phi) is 2.87. The van der Waals surface area contributed by atoms with Gasteiger partial charge in [0, 0.05) is 5.56 Å².